The molecule has 1 aliphatic rings. The molecule has 1 saturated heterocycles. The lowest BCUT2D eigenvalue weighted by Gasteiger charge is -2.35. The highest BCUT2D eigenvalue weighted by Crippen LogP contribution is 2.41. The number of hydrogen-bond acceptors (Lipinski definition) is 38. The van der Waals surface area contributed by atoms with Gasteiger partial charge in [-0.05, 0) is 262 Å². The van der Waals surface area contributed by atoms with E-state index < -0.39 is 66.1 Å². The molecule has 0 saturated carbocycles. The van der Waals surface area contributed by atoms with Crippen LogP contribution in [0.2, 0.25) is 0 Å². The van der Waals surface area contributed by atoms with E-state index in [2.05, 4.69) is 92.5 Å². The summed E-state index contributed by atoms with van der Waals surface area (Å²) in [6.07, 6.45) is 0.606. The van der Waals surface area contributed by atoms with Crippen molar-refractivity contribution in [1.29, 1.82) is 0 Å². The van der Waals surface area contributed by atoms with Gasteiger partial charge in [0.25, 0.3) is 50.6 Å². The Morgan fingerprint density at radius 2 is 0.690 bits per heavy atom. The third-order valence-corrected chi connectivity index (χ3v) is 25.2. The van der Waals surface area contributed by atoms with Crippen LogP contribution in [-0.4, -0.2) is 140 Å². The van der Waals surface area contributed by atoms with E-state index in [4.69, 9.17) is 39.4 Å². The lowest BCUT2D eigenvalue weighted by molar-refractivity contribution is 0.313. The molecule has 0 spiro atoms. The Morgan fingerprint density at radius 1 is 0.324 bits per heavy atom. The van der Waals surface area contributed by atoms with Gasteiger partial charge in [0.15, 0.2) is 0 Å². The van der Waals surface area contributed by atoms with Gasteiger partial charge >= 0.3 is 0 Å². The second-order valence-electron chi connectivity index (χ2n) is 31.7. The molecule has 1 fully saturated rings. The second kappa shape index (κ2) is 44.7. The first kappa shape index (κ1) is 100. The van der Waals surface area contributed by atoms with Gasteiger partial charge in [-0.1, -0.05) is 55.5 Å². The Balaban J connectivity index is 0.737. The van der Waals surface area contributed by atoms with Crippen LogP contribution in [0.4, 0.5) is 126 Å². The van der Waals surface area contributed by atoms with E-state index in [1.807, 2.05) is 60.9 Å². The summed E-state index contributed by atoms with van der Waals surface area (Å²) in [5, 5.41) is 75.6. The summed E-state index contributed by atoms with van der Waals surface area (Å²) < 4.78 is 184. The Hall–Kier alpha value is -16.2. The van der Waals surface area contributed by atoms with Crippen molar-refractivity contribution in [1.82, 2.24) is 29.9 Å². The summed E-state index contributed by atoms with van der Waals surface area (Å²) in [4.78, 5) is 32.5. The number of azo groups is 8. The first-order chi connectivity index (χ1) is 68.0. The minimum Gasteiger partial charge on any atom is -0.493 e. The van der Waals surface area contributed by atoms with Gasteiger partial charge in [0.1, 0.15) is 44.3 Å². The molecular formula is C94H86N26O17S5. The predicted octanol–water partition coefficient (Wildman–Crippen LogP) is 24.0. The highest BCUT2D eigenvalue weighted by atomic mass is 32.2. The molecule has 724 valence electrons. The molecule has 0 amide bonds. The van der Waals surface area contributed by atoms with Gasteiger partial charge in [0.05, 0.1) is 114 Å². The van der Waals surface area contributed by atoms with Crippen LogP contribution >= 0.6 is 0 Å². The van der Waals surface area contributed by atoms with Crippen molar-refractivity contribution < 1.29 is 74.3 Å². The van der Waals surface area contributed by atoms with E-state index in [0.29, 0.717) is 120 Å². The summed E-state index contributed by atoms with van der Waals surface area (Å²) in [7, 11) is -22.9. The summed E-state index contributed by atoms with van der Waals surface area (Å²) in [5.41, 5.74) is 9.59. The quantitative estimate of drug-likeness (QED) is 0.0107. The number of aryl methyl sites for hydroxylation is 4. The molecule has 0 radical (unpaired) electrons. The first-order valence-electron chi connectivity index (χ1n) is 43.2. The molecule has 2 aromatic heterocycles. The van der Waals surface area contributed by atoms with Crippen molar-refractivity contribution in [3.63, 3.8) is 0 Å². The van der Waals surface area contributed by atoms with E-state index in [0.717, 1.165) is 12.1 Å². The standard InChI is InChI=1S/C94H86N26O17S5/c1-6-46-136-86-58-83(118-116-81-41-33-75(56-88(81)142(133,134)135)112-104-66-16-11-8-12-17-66)62(5)52-84(86)96-92-100-91(95-73-31-39-79(61(4)51-73)113-109-69-23-19-67(20-24-69)105-107-71-27-34-76(35-28-71)139(124,125)126)101-94(102-92)120-44-42-119(43-45-120)93-98-89(53-63-18-38-78(59(2)49-63)114-115-80-40-32-74(55-87(80)141(130,131)132)111-103-65-14-9-7-10-15-65)97-90(99-93)54-64-50-60(3)82(57-85(64)137-47-13-48-138(121,122)123)117-110-70-25-21-68(22-26-70)106-108-72-29-36-77(37-30-72)140(127,128)129/h7-12,14-41,49-52,55-58H,6,13,42-48,53-54H2,1-5H3,(H,121,122,123)(H,124,125,126)(H,127,128,129)(H,130,131,132)(H,133,134,135)(H2,95,96,100,101,102). The van der Waals surface area contributed by atoms with Crippen molar-refractivity contribution >= 4 is 177 Å². The second-order valence-corrected chi connectivity index (χ2v) is 38.9. The van der Waals surface area contributed by atoms with Crippen molar-refractivity contribution in [2.45, 2.75) is 79.9 Å². The number of piperazine rings is 1. The van der Waals surface area contributed by atoms with Gasteiger partial charge in [-0.25, -0.2) is 4.98 Å². The maximum Gasteiger partial charge on any atom is 0.296 e. The number of benzene rings is 12. The summed E-state index contributed by atoms with van der Waals surface area (Å²) >= 11 is 0. The zero-order valence-electron chi connectivity index (χ0n) is 75.9. The summed E-state index contributed by atoms with van der Waals surface area (Å²) in [5.74, 6) is 1.20. The van der Waals surface area contributed by atoms with Crippen LogP contribution in [0.3, 0.4) is 0 Å². The van der Waals surface area contributed by atoms with E-state index in [1.54, 1.807) is 153 Å². The molecule has 0 aliphatic carbocycles. The maximum absolute atomic E-state index is 12.9. The van der Waals surface area contributed by atoms with Gasteiger partial charge < -0.3 is 29.9 Å². The predicted molar refractivity (Wildman–Crippen MR) is 527 cm³/mol. The fraction of sp³-hybridized carbons (Fsp3) is 0.170. The van der Waals surface area contributed by atoms with E-state index in [9.17, 15) is 64.9 Å². The number of nitrogens with zero attached hydrogens (tertiary/aromatic N) is 24. The average molecular weight is 2010 g/mol. The molecule has 0 unspecified atom stereocenters. The first-order valence-corrected chi connectivity index (χ1v) is 50.6. The monoisotopic (exact) mass is 2010 g/mol. The molecule has 48 heteroatoms. The van der Waals surface area contributed by atoms with Crippen molar-refractivity contribution in [2.24, 2.45) is 81.8 Å². The lowest BCUT2D eigenvalue weighted by atomic mass is 10.0. The van der Waals surface area contributed by atoms with Crippen LogP contribution in [0.25, 0.3) is 0 Å². The SMILES string of the molecule is CCCOc1cc(N=Nc2ccc(N=Nc3ccccc3)cc2S(=O)(=O)O)c(C)cc1Nc1nc(Nc2ccc(N=Nc3ccc(N=Nc4ccc(S(=O)(=O)O)cc4)cc3)c(C)c2)nc(N2CCN(c3nc(Cc4ccc(N=Nc5ccc(N=Nc6ccccc6)cc5S(=O)(=O)O)c(C)c4)nc(Cc4cc(C)c(N=Nc5ccc(N=Nc6ccc(S(=O)(=O)O)cc6)cc5)cc4OCCCS(=O)(=O)O)n3)CC2)n1. The molecule has 12 aromatic carbocycles. The number of ether oxygens (including phenoxy) is 2. The molecule has 1 aliphatic heterocycles. The number of rotatable bonds is 38. The Morgan fingerprint density at radius 3 is 1.15 bits per heavy atom. The minimum absolute atomic E-state index is 0.00401. The summed E-state index contributed by atoms with van der Waals surface area (Å²) in [6.45, 7) is 10.3. The zero-order chi connectivity index (χ0) is 100. The molecule has 15 rings (SSSR count). The van der Waals surface area contributed by atoms with Crippen LogP contribution in [0.15, 0.2) is 356 Å². The molecule has 3 heterocycles. The van der Waals surface area contributed by atoms with E-state index in [-0.39, 0.29) is 138 Å². The van der Waals surface area contributed by atoms with E-state index >= 15 is 0 Å². The molecule has 7 N–H and O–H groups in total. The van der Waals surface area contributed by atoms with Crippen molar-refractivity contribution in [3.05, 3.63) is 300 Å². The fourth-order valence-corrected chi connectivity index (χ4v) is 16.5. The third-order valence-electron chi connectivity index (χ3n) is 20.9. The fourth-order valence-electron chi connectivity index (χ4n) is 13.8. The summed E-state index contributed by atoms with van der Waals surface area (Å²) in [6, 6.07) is 66.6. The van der Waals surface area contributed by atoms with Gasteiger partial charge in [0, 0.05) is 62.4 Å². The largest absolute Gasteiger partial charge is 0.493 e. The van der Waals surface area contributed by atoms with Crippen molar-refractivity contribution in [3.8, 4) is 11.5 Å². The number of nitrogens with one attached hydrogen (secondary N) is 2. The normalized spacial score (nSPS) is 13.1. The lowest BCUT2D eigenvalue weighted by Crippen LogP contribution is -2.48. The Kier molecular flexibility index (Phi) is 31.6. The number of anilines is 6. The molecule has 14 aromatic rings. The molecule has 142 heavy (non-hydrogen) atoms. The van der Waals surface area contributed by atoms with Crippen LogP contribution in [0.5, 0.6) is 11.5 Å². The van der Waals surface area contributed by atoms with Gasteiger partial charge in [-0.15, -0.1) is 10.2 Å². The van der Waals surface area contributed by atoms with Crippen molar-refractivity contribution in [2.75, 3.05) is 65.6 Å². The van der Waals surface area contributed by atoms with Crippen LogP contribution < -0.4 is 29.9 Å². The average Bonchev–Trinajstić information content (AvgIpc) is 0.796. The van der Waals surface area contributed by atoms with Crippen LogP contribution in [-0.2, 0) is 63.4 Å². The van der Waals surface area contributed by atoms with Gasteiger partial charge in [0.2, 0.25) is 23.8 Å². The highest BCUT2D eigenvalue weighted by Gasteiger charge is 2.28. The maximum atomic E-state index is 12.9. The molecule has 0 atom stereocenters. The Labute approximate surface area is 814 Å². The molecule has 0 bridgehead atoms. The number of hydrogen-bond donors (Lipinski definition) is 7. The molecule has 43 nitrogen and oxygen atoms in total. The van der Waals surface area contributed by atoms with Crippen LogP contribution in [0, 0.1) is 27.7 Å². The topological polar surface area (TPSA) is 596 Å². The van der Waals surface area contributed by atoms with E-state index in [1.165, 1.54) is 72.8 Å². The highest BCUT2D eigenvalue weighted by molar-refractivity contribution is 7.87. The van der Waals surface area contributed by atoms with Crippen LogP contribution in [0.1, 0.15) is 64.8 Å². The Bertz CT molecular complexity index is 7920. The van der Waals surface area contributed by atoms with Gasteiger partial charge in [-0.2, -0.15) is 139 Å². The minimum atomic E-state index is -4.87. The zero-order valence-corrected chi connectivity index (χ0v) is 80.0. The smallest absolute Gasteiger partial charge is 0.296 e. The molecular weight excluding hydrogens is 1930 g/mol. The third kappa shape index (κ3) is 28.1. The van der Waals surface area contributed by atoms with Gasteiger partial charge in [-0.3, -0.25) is 22.8 Å². The number of aromatic nitrogens is 6.